The summed E-state index contributed by atoms with van der Waals surface area (Å²) in [7, 11) is 3.11. The number of aromatic nitrogens is 4. The van der Waals surface area contributed by atoms with Gasteiger partial charge in [-0.3, -0.25) is 14.9 Å². The van der Waals surface area contributed by atoms with Gasteiger partial charge in [0.1, 0.15) is 17.5 Å². The van der Waals surface area contributed by atoms with Gasteiger partial charge < -0.3 is 19.2 Å². The minimum Gasteiger partial charge on any atom is -0.442 e. The fourth-order valence-corrected chi connectivity index (χ4v) is 4.65. The molecule has 11 nitrogen and oxygen atoms in total. The van der Waals surface area contributed by atoms with Crippen LogP contribution in [0.15, 0.2) is 27.7 Å². The first-order chi connectivity index (χ1) is 15.7. The van der Waals surface area contributed by atoms with Crippen molar-refractivity contribution < 1.29 is 14.0 Å². The van der Waals surface area contributed by atoms with E-state index in [1.54, 1.807) is 27.1 Å². The minimum atomic E-state index is -0.435. The number of fused-ring (bicyclic) bond motifs is 1. The molecule has 0 aromatic carbocycles. The van der Waals surface area contributed by atoms with E-state index in [9.17, 15) is 14.4 Å². The molecule has 172 valence electrons. The molecule has 0 spiro atoms. The Morgan fingerprint density at radius 1 is 1.33 bits per heavy atom. The number of hydrogen-bond acceptors (Lipinski definition) is 9. The first kappa shape index (κ1) is 22.9. The van der Waals surface area contributed by atoms with Gasteiger partial charge in [0.05, 0.1) is 23.0 Å². The van der Waals surface area contributed by atoms with E-state index in [2.05, 4.69) is 25.0 Å². The SMILES string of the molecule is Cc1oc2ncn(C)c(=O)c2c1C(=O)N(C)Cc1nsc(NC(=O)NCc2ccc(Cl)s2)n1. The molecular weight excluding hydrogens is 490 g/mol. The van der Waals surface area contributed by atoms with Gasteiger partial charge in [0.15, 0.2) is 5.82 Å². The van der Waals surface area contributed by atoms with Crippen molar-refractivity contribution in [2.24, 2.45) is 7.05 Å². The van der Waals surface area contributed by atoms with E-state index < -0.39 is 11.9 Å². The minimum absolute atomic E-state index is 0.0685. The number of aryl methyl sites for hydroxylation is 2. The molecule has 0 aliphatic heterocycles. The molecule has 33 heavy (non-hydrogen) atoms. The summed E-state index contributed by atoms with van der Waals surface area (Å²) in [4.78, 5) is 48.3. The van der Waals surface area contributed by atoms with Crippen molar-refractivity contribution >= 4 is 62.6 Å². The van der Waals surface area contributed by atoms with Crippen molar-refractivity contribution in [2.75, 3.05) is 12.4 Å². The first-order valence-corrected chi connectivity index (χ1v) is 11.5. The Kier molecular flexibility index (Phi) is 6.44. The van der Waals surface area contributed by atoms with E-state index in [1.165, 1.54) is 27.1 Å². The quantitative estimate of drug-likeness (QED) is 0.409. The van der Waals surface area contributed by atoms with E-state index in [0.29, 0.717) is 22.5 Å². The maximum absolute atomic E-state index is 13.1. The van der Waals surface area contributed by atoms with Gasteiger partial charge in [0.25, 0.3) is 11.5 Å². The van der Waals surface area contributed by atoms with Gasteiger partial charge in [-0.15, -0.1) is 11.3 Å². The normalized spacial score (nSPS) is 11.0. The Balaban J connectivity index is 1.41. The Labute approximate surface area is 200 Å². The highest BCUT2D eigenvalue weighted by Gasteiger charge is 2.25. The number of nitrogens with zero attached hydrogens (tertiary/aromatic N) is 5. The number of hydrogen-bond donors (Lipinski definition) is 2. The van der Waals surface area contributed by atoms with Crippen molar-refractivity contribution in [1.29, 1.82) is 0 Å². The maximum atomic E-state index is 13.1. The molecule has 0 bridgehead atoms. The molecule has 0 unspecified atom stereocenters. The average molecular weight is 508 g/mol. The highest BCUT2D eigenvalue weighted by molar-refractivity contribution is 7.16. The molecule has 0 atom stereocenters. The van der Waals surface area contributed by atoms with E-state index in [0.717, 1.165) is 16.4 Å². The molecule has 4 heterocycles. The van der Waals surface area contributed by atoms with Crippen molar-refractivity contribution in [3.05, 3.63) is 55.2 Å². The Hall–Kier alpha value is -3.29. The molecule has 0 saturated carbocycles. The van der Waals surface area contributed by atoms with Crippen molar-refractivity contribution in [1.82, 2.24) is 29.1 Å². The van der Waals surface area contributed by atoms with Gasteiger partial charge in [0.2, 0.25) is 10.8 Å². The zero-order chi connectivity index (χ0) is 23.7. The van der Waals surface area contributed by atoms with E-state index in [1.807, 2.05) is 6.07 Å². The standard InChI is InChI=1S/C19H18ClN7O4S2/c1-9-13(14-15(31-9)22-8-27(3)17(14)29)16(28)26(2)7-12-23-19(33-25-12)24-18(30)21-6-10-4-5-11(20)32-10/h4-5,8H,6-7H2,1-3H3,(H2,21,23,24,25,30). The molecule has 0 aliphatic rings. The summed E-state index contributed by atoms with van der Waals surface area (Å²) in [5.74, 6) is 0.218. The molecule has 0 saturated heterocycles. The lowest BCUT2D eigenvalue weighted by atomic mass is 10.1. The van der Waals surface area contributed by atoms with Crippen LogP contribution in [0, 0.1) is 6.92 Å². The van der Waals surface area contributed by atoms with Crippen LogP contribution in [0.25, 0.3) is 11.1 Å². The van der Waals surface area contributed by atoms with E-state index >= 15 is 0 Å². The zero-order valence-corrected chi connectivity index (χ0v) is 20.1. The molecule has 4 aromatic heterocycles. The predicted molar refractivity (Wildman–Crippen MR) is 125 cm³/mol. The lowest BCUT2D eigenvalue weighted by Crippen LogP contribution is -2.29. The smallest absolute Gasteiger partial charge is 0.321 e. The molecule has 14 heteroatoms. The Morgan fingerprint density at radius 2 is 2.12 bits per heavy atom. The van der Waals surface area contributed by atoms with Gasteiger partial charge >= 0.3 is 6.03 Å². The number of furan rings is 1. The summed E-state index contributed by atoms with van der Waals surface area (Å²) >= 11 is 8.25. The van der Waals surface area contributed by atoms with Crippen LogP contribution in [0.5, 0.6) is 0 Å². The fourth-order valence-electron chi connectivity index (χ4n) is 3.04. The van der Waals surface area contributed by atoms with Crippen molar-refractivity contribution in [2.45, 2.75) is 20.0 Å². The summed E-state index contributed by atoms with van der Waals surface area (Å²) < 4.78 is 11.6. The predicted octanol–water partition coefficient (Wildman–Crippen LogP) is 3.00. The number of rotatable bonds is 6. The summed E-state index contributed by atoms with van der Waals surface area (Å²) in [5.41, 5.74) is -0.105. The Bertz CT molecular complexity index is 1410. The fraction of sp³-hybridized carbons (Fsp3) is 0.263. The lowest BCUT2D eigenvalue weighted by molar-refractivity contribution is 0.0782. The second-order valence-corrected chi connectivity index (χ2v) is 9.62. The van der Waals surface area contributed by atoms with Crippen LogP contribution in [0.4, 0.5) is 9.93 Å². The van der Waals surface area contributed by atoms with Gasteiger partial charge in [0, 0.05) is 30.5 Å². The van der Waals surface area contributed by atoms with Crippen molar-refractivity contribution in [3.63, 3.8) is 0 Å². The third-order valence-electron chi connectivity index (χ3n) is 4.63. The van der Waals surface area contributed by atoms with Crippen LogP contribution >= 0.6 is 34.5 Å². The number of carbonyl (C=O) groups is 2. The van der Waals surface area contributed by atoms with Crippen LogP contribution in [-0.2, 0) is 20.1 Å². The monoisotopic (exact) mass is 507 g/mol. The largest absolute Gasteiger partial charge is 0.442 e. The Morgan fingerprint density at radius 3 is 2.85 bits per heavy atom. The van der Waals surface area contributed by atoms with Crippen molar-refractivity contribution in [3.8, 4) is 0 Å². The number of thiophene rings is 1. The molecular formula is C19H18ClN7O4S2. The number of amides is 3. The molecule has 2 N–H and O–H groups in total. The van der Waals surface area contributed by atoms with Gasteiger partial charge in [-0.2, -0.15) is 4.37 Å². The number of anilines is 1. The summed E-state index contributed by atoms with van der Waals surface area (Å²) in [6.45, 7) is 2.01. The molecule has 3 amide bonds. The third-order valence-corrected chi connectivity index (χ3v) is 6.53. The van der Waals surface area contributed by atoms with Crippen LogP contribution in [0.2, 0.25) is 4.34 Å². The highest BCUT2D eigenvalue weighted by Crippen LogP contribution is 2.23. The van der Waals surface area contributed by atoms with E-state index in [-0.39, 0.29) is 33.9 Å². The number of nitrogens with one attached hydrogen (secondary N) is 2. The highest BCUT2D eigenvalue weighted by atomic mass is 35.5. The molecule has 0 fully saturated rings. The second-order valence-electron chi connectivity index (χ2n) is 7.06. The molecule has 0 aliphatic carbocycles. The topological polar surface area (TPSA) is 135 Å². The van der Waals surface area contributed by atoms with Gasteiger partial charge in [-0.25, -0.2) is 14.8 Å². The lowest BCUT2D eigenvalue weighted by Gasteiger charge is -2.14. The van der Waals surface area contributed by atoms with Crippen LogP contribution in [0.1, 0.15) is 26.8 Å². The number of halogens is 1. The average Bonchev–Trinajstić information content (AvgIpc) is 3.47. The van der Waals surface area contributed by atoms with Gasteiger partial charge in [-0.1, -0.05) is 11.6 Å². The first-order valence-electron chi connectivity index (χ1n) is 9.54. The van der Waals surface area contributed by atoms with E-state index in [4.69, 9.17) is 16.0 Å². The molecule has 4 aromatic rings. The summed E-state index contributed by atoms with van der Waals surface area (Å²) in [6.07, 6.45) is 1.34. The summed E-state index contributed by atoms with van der Waals surface area (Å²) in [6, 6.07) is 3.16. The molecule has 4 rings (SSSR count). The number of carbonyl (C=O) groups excluding carboxylic acids is 2. The van der Waals surface area contributed by atoms with Gasteiger partial charge in [-0.05, 0) is 19.1 Å². The van der Waals surface area contributed by atoms with Crippen LogP contribution in [-0.4, -0.2) is 42.8 Å². The maximum Gasteiger partial charge on any atom is 0.321 e. The number of urea groups is 1. The third kappa shape index (κ3) is 4.89. The molecule has 0 radical (unpaired) electrons. The van der Waals surface area contributed by atoms with Crippen LogP contribution < -0.4 is 16.2 Å². The summed E-state index contributed by atoms with van der Waals surface area (Å²) in [5, 5.41) is 5.74. The van der Waals surface area contributed by atoms with Crippen LogP contribution in [0.3, 0.4) is 0 Å². The second kappa shape index (κ2) is 9.29. The zero-order valence-electron chi connectivity index (χ0n) is 17.7.